The first-order valence-electron chi connectivity index (χ1n) is 4.81. The van der Waals surface area contributed by atoms with Crippen LogP contribution in [-0.2, 0) is 0 Å². The Balaban J connectivity index is 2.56. The molecule has 0 aliphatic carbocycles. The SMILES string of the molecule is O=Cc1cn2c(ccc3cccc(Cl)c32)n1. The molecule has 0 atom stereocenters. The molecule has 0 saturated heterocycles. The van der Waals surface area contributed by atoms with Crippen LogP contribution in [0, 0.1) is 0 Å². The summed E-state index contributed by atoms with van der Waals surface area (Å²) in [4.78, 5) is 14.8. The first-order valence-corrected chi connectivity index (χ1v) is 5.19. The normalized spacial score (nSPS) is 11.1. The van der Waals surface area contributed by atoms with E-state index < -0.39 is 0 Å². The number of hydrogen-bond acceptors (Lipinski definition) is 2. The fraction of sp³-hybridized carbons (Fsp3) is 0. The van der Waals surface area contributed by atoms with Gasteiger partial charge in [-0.25, -0.2) is 4.98 Å². The van der Waals surface area contributed by atoms with Crippen LogP contribution in [0.25, 0.3) is 16.6 Å². The number of fused-ring (bicyclic) bond motifs is 3. The molecule has 1 aromatic carbocycles. The van der Waals surface area contributed by atoms with Crippen LogP contribution in [0.4, 0.5) is 0 Å². The fourth-order valence-corrected chi connectivity index (χ4v) is 2.12. The number of carbonyl (C=O) groups excluding carboxylic acids is 1. The van der Waals surface area contributed by atoms with Crippen LogP contribution in [0.1, 0.15) is 10.5 Å². The molecule has 0 aliphatic heterocycles. The topological polar surface area (TPSA) is 34.4 Å². The van der Waals surface area contributed by atoms with Crippen molar-refractivity contribution < 1.29 is 4.79 Å². The van der Waals surface area contributed by atoms with Crippen molar-refractivity contribution in [3.8, 4) is 0 Å². The molecule has 78 valence electrons. The minimum atomic E-state index is 0.410. The van der Waals surface area contributed by atoms with E-state index in [1.165, 1.54) is 0 Å². The van der Waals surface area contributed by atoms with Crippen molar-refractivity contribution in [1.29, 1.82) is 0 Å². The summed E-state index contributed by atoms with van der Waals surface area (Å²) in [5.41, 5.74) is 2.01. The molecule has 0 aliphatic rings. The maximum absolute atomic E-state index is 10.7. The molecule has 3 rings (SSSR count). The van der Waals surface area contributed by atoms with Gasteiger partial charge in [-0.3, -0.25) is 9.20 Å². The lowest BCUT2D eigenvalue weighted by Gasteiger charge is -2.03. The molecule has 3 nitrogen and oxygen atoms in total. The molecule has 0 amide bonds. The molecular weight excluding hydrogens is 224 g/mol. The van der Waals surface area contributed by atoms with Crippen molar-refractivity contribution in [3.05, 3.63) is 47.2 Å². The zero-order chi connectivity index (χ0) is 11.1. The van der Waals surface area contributed by atoms with E-state index in [0.29, 0.717) is 10.7 Å². The van der Waals surface area contributed by atoms with Gasteiger partial charge in [0, 0.05) is 11.6 Å². The molecule has 0 bridgehead atoms. The van der Waals surface area contributed by atoms with Crippen molar-refractivity contribution >= 4 is 34.4 Å². The second-order valence-corrected chi connectivity index (χ2v) is 3.93. The van der Waals surface area contributed by atoms with Gasteiger partial charge in [-0.2, -0.15) is 0 Å². The average molecular weight is 231 g/mol. The van der Waals surface area contributed by atoms with Gasteiger partial charge in [0.15, 0.2) is 6.29 Å². The second-order valence-electron chi connectivity index (χ2n) is 3.52. The molecule has 2 heterocycles. The first kappa shape index (κ1) is 9.36. The Morgan fingerprint density at radius 2 is 2.12 bits per heavy atom. The fourth-order valence-electron chi connectivity index (χ4n) is 1.85. The molecule has 0 radical (unpaired) electrons. The van der Waals surface area contributed by atoms with Gasteiger partial charge in [0.1, 0.15) is 11.3 Å². The van der Waals surface area contributed by atoms with Gasteiger partial charge >= 0.3 is 0 Å². The Hall–Kier alpha value is -1.87. The molecule has 4 heteroatoms. The van der Waals surface area contributed by atoms with Gasteiger partial charge < -0.3 is 0 Å². The lowest BCUT2D eigenvalue weighted by molar-refractivity contribution is 0.111. The smallest absolute Gasteiger partial charge is 0.170 e. The summed E-state index contributed by atoms with van der Waals surface area (Å²) in [6, 6.07) is 9.50. The van der Waals surface area contributed by atoms with Crippen LogP contribution in [0.3, 0.4) is 0 Å². The zero-order valence-corrected chi connectivity index (χ0v) is 8.98. The largest absolute Gasteiger partial charge is 0.297 e. The summed E-state index contributed by atoms with van der Waals surface area (Å²) in [6.45, 7) is 0. The number of nitrogens with zero attached hydrogens (tertiary/aromatic N) is 2. The first-order chi connectivity index (χ1) is 7.79. The molecule has 0 unspecified atom stereocenters. The van der Waals surface area contributed by atoms with Crippen LogP contribution < -0.4 is 0 Å². The van der Waals surface area contributed by atoms with Crippen molar-refractivity contribution in [3.63, 3.8) is 0 Å². The number of carbonyl (C=O) groups is 1. The van der Waals surface area contributed by atoms with Gasteiger partial charge in [-0.1, -0.05) is 23.7 Å². The Morgan fingerprint density at radius 1 is 1.25 bits per heavy atom. The summed E-state index contributed by atoms with van der Waals surface area (Å²) < 4.78 is 1.83. The van der Waals surface area contributed by atoms with Gasteiger partial charge in [-0.05, 0) is 18.2 Å². The maximum atomic E-state index is 10.7. The van der Waals surface area contributed by atoms with Crippen molar-refractivity contribution in [2.75, 3.05) is 0 Å². The monoisotopic (exact) mass is 230 g/mol. The van der Waals surface area contributed by atoms with Crippen LogP contribution in [0.5, 0.6) is 0 Å². The highest BCUT2D eigenvalue weighted by atomic mass is 35.5. The number of para-hydroxylation sites is 1. The number of rotatable bonds is 1. The summed E-state index contributed by atoms with van der Waals surface area (Å²) in [5.74, 6) is 0. The van der Waals surface area contributed by atoms with E-state index >= 15 is 0 Å². The summed E-state index contributed by atoms with van der Waals surface area (Å²) >= 11 is 6.15. The quantitative estimate of drug-likeness (QED) is 0.603. The van der Waals surface area contributed by atoms with Gasteiger partial charge in [0.2, 0.25) is 0 Å². The van der Waals surface area contributed by atoms with Gasteiger partial charge in [-0.15, -0.1) is 0 Å². The standard InChI is InChI=1S/C12H7ClN2O/c13-10-3-1-2-8-4-5-11-14-9(7-16)6-15(11)12(8)10/h1-7H. The van der Waals surface area contributed by atoms with E-state index in [4.69, 9.17) is 11.6 Å². The highest BCUT2D eigenvalue weighted by molar-refractivity contribution is 6.35. The van der Waals surface area contributed by atoms with Crippen molar-refractivity contribution in [2.24, 2.45) is 0 Å². The van der Waals surface area contributed by atoms with E-state index in [-0.39, 0.29) is 0 Å². The van der Waals surface area contributed by atoms with Crippen molar-refractivity contribution in [1.82, 2.24) is 9.38 Å². The number of imidazole rings is 1. The maximum Gasteiger partial charge on any atom is 0.170 e. The molecule has 0 spiro atoms. The zero-order valence-electron chi connectivity index (χ0n) is 8.22. The molecule has 2 aromatic heterocycles. The minimum absolute atomic E-state index is 0.410. The molecule has 0 saturated carbocycles. The number of hydrogen-bond donors (Lipinski definition) is 0. The van der Waals surface area contributed by atoms with E-state index in [0.717, 1.165) is 22.8 Å². The van der Waals surface area contributed by atoms with Crippen molar-refractivity contribution in [2.45, 2.75) is 0 Å². The third kappa shape index (κ3) is 1.22. The Bertz CT molecular complexity index is 703. The Kier molecular flexibility index (Phi) is 1.94. The van der Waals surface area contributed by atoms with Crippen LogP contribution in [0.15, 0.2) is 36.5 Å². The number of aldehydes is 1. The predicted octanol–water partition coefficient (Wildman–Crippen LogP) is 2.95. The molecule has 16 heavy (non-hydrogen) atoms. The predicted molar refractivity (Wildman–Crippen MR) is 63.1 cm³/mol. The molecule has 0 N–H and O–H groups in total. The van der Waals surface area contributed by atoms with Gasteiger partial charge in [0.25, 0.3) is 0 Å². The molecule has 0 fully saturated rings. The van der Waals surface area contributed by atoms with E-state index in [9.17, 15) is 4.79 Å². The van der Waals surface area contributed by atoms with Crippen LogP contribution in [0.2, 0.25) is 5.02 Å². The third-order valence-corrected chi connectivity index (χ3v) is 2.85. The highest BCUT2D eigenvalue weighted by Gasteiger charge is 2.06. The number of halogens is 1. The number of pyridine rings is 1. The van der Waals surface area contributed by atoms with Crippen LogP contribution in [-0.4, -0.2) is 15.7 Å². The summed E-state index contributed by atoms with van der Waals surface area (Å²) in [5, 5.41) is 1.67. The van der Waals surface area contributed by atoms with E-state index in [1.54, 1.807) is 6.20 Å². The number of benzene rings is 1. The second kappa shape index (κ2) is 3.32. The van der Waals surface area contributed by atoms with Gasteiger partial charge in [0.05, 0.1) is 10.5 Å². The van der Waals surface area contributed by atoms with E-state index in [2.05, 4.69) is 4.98 Å². The lowest BCUT2D eigenvalue weighted by atomic mass is 10.2. The van der Waals surface area contributed by atoms with E-state index in [1.807, 2.05) is 34.7 Å². The highest BCUT2D eigenvalue weighted by Crippen LogP contribution is 2.24. The Morgan fingerprint density at radius 3 is 2.94 bits per heavy atom. The lowest BCUT2D eigenvalue weighted by Crippen LogP contribution is -1.87. The average Bonchev–Trinajstić information content (AvgIpc) is 2.72. The Labute approximate surface area is 96.3 Å². The number of aromatic nitrogens is 2. The van der Waals surface area contributed by atoms with Crippen LogP contribution >= 0.6 is 11.6 Å². The third-order valence-electron chi connectivity index (χ3n) is 2.54. The molecule has 3 aromatic rings. The molecular formula is C12H7ClN2O. The summed E-state index contributed by atoms with van der Waals surface area (Å²) in [7, 11) is 0. The summed E-state index contributed by atoms with van der Waals surface area (Å²) in [6.07, 6.45) is 2.42. The minimum Gasteiger partial charge on any atom is -0.297 e.